The van der Waals surface area contributed by atoms with Gasteiger partial charge < -0.3 is 9.47 Å². The zero-order valence-electron chi connectivity index (χ0n) is 14.9. The van der Waals surface area contributed by atoms with Crippen molar-refractivity contribution in [1.29, 1.82) is 0 Å². The molecule has 0 radical (unpaired) electrons. The number of para-hydroxylation sites is 2. The van der Waals surface area contributed by atoms with E-state index in [9.17, 15) is 9.18 Å². The lowest BCUT2D eigenvalue weighted by atomic mass is 10.1. The van der Waals surface area contributed by atoms with Crippen molar-refractivity contribution in [2.45, 2.75) is 38.8 Å². The van der Waals surface area contributed by atoms with Gasteiger partial charge in [-0.2, -0.15) is 0 Å². The van der Waals surface area contributed by atoms with E-state index < -0.39 is 0 Å². The smallest absolute Gasteiger partial charge is 0.222 e. The maximum Gasteiger partial charge on any atom is 0.222 e. The molecule has 1 amide bonds. The van der Waals surface area contributed by atoms with E-state index in [1.807, 2.05) is 30.0 Å². The van der Waals surface area contributed by atoms with Crippen molar-refractivity contribution in [3.63, 3.8) is 0 Å². The lowest BCUT2D eigenvalue weighted by Gasteiger charge is -2.25. The van der Waals surface area contributed by atoms with Crippen molar-refractivity contribution in [1.82, 2.24) is 14.5 Å². The molecular weight excluding hydrogens is 329 g/mol. The summed E-state index contributed by atoms with van der Waals surface area (Å²) in [5, 5.41) is 0. The van der Waals surface area contributed by atoms with Gasteiger partial charge in [-0.1, -0.05) is 31.2 Å². The average molecular weight is 351 g/mol. The Morgan fingerprint density at radius 2 is 1.96 bits per heavy atom. The number of fused-ring (bicyclic) bond motifs is 1. The molecule has 2 aromatic carbocycles. The molecule has 0 saturated carbocycles. The second-order valence-electron chi connectivity index (χ2n) is 6.77. The number of imidazole rings is 1. The lowest BCUT2D eigenvalue weighted by Crippen LogP contribution is -2.31. The van der Waals surface area contributed by atoms with Gasteiger partial charge in [-0.25, -0.2) is 9.37 Å². The van der Waals surface area contributed by atoms with Crippen molar-refractivity contribution in [2.24, 2.45) is 0 Å². The van der Waals surface area contributed by atoms with E-state index in [1.54, 1.807) is 12.1 Å². The predicted molar refractivity (Wildman–Crippen MR) is 99.2 cm³/mol. The highest BCUT2D eigenvalue weighted by atomic mass is 19.1. The number of amides is 1. The highest BCUT2D eigenvalue weighted by Crippen LogP contribution is 2.34. The zero-order valence-corrected chi connectivity index (χ0v) is 14.9. The minimum Gasteiger partial charge on any atom is -0.333 e. The highest BCUT2D eigenvalue weighted by molar-refractivity contribution is 5.78. The molecule has 2 heterocycles. The van der Waals surface area contributed by atoms with Gasteiger partial charge >= 0.3 is 0 Å². The molecule has 4 rings (SSSR count). The standard InChI is InChI=1S/C21H22FN3O/c1-2-20(26)24-13-5-8-19(24)21-23-17-6-3-4-7-18(17)25(21)14-15-9-11-16(22)12-10-15/h3-4,6-7,9-12,19H,2,5,8,13-14H2,1H3/t19-/m0/s1. The first-order valence-corrected chi connectivity index (χ1v) is 9.16. The fraction of sp³-hybridized carbons (Fsp3) is 0.333. The highest BCUT2D eigenvalue weighted by Gasteiger charge is 2.32. The number of halogens is 1. The fourth-order valence-corrected chi connectivity index (χ4v) is 3.82. The molecule has 3 aromatic rings. The van der Waals surface area contributed by atoms with Crippen LogP contribution in [-0.2, 0) is 11.3 Å². The van der Waals surface area contributed by atoms with Crippen LogP contribution in [0.4, 0.5) is 4.39 Å². The van der Waals surface area contributed by atoms with Crippen molar-refractivity contribution in [3.05, 3.63) is 65.7 Å². The second-order valence-corrected chi connectivity index (χ2v) is 6.77. The van der Waals surface area contributed by atoms with Crippen molar-refractivity contribution in [2.75, 3.05) is 6.54 Å². The zero-order chi connectivity index (χ0) is 18.1. The van der Waals surface area contributed by atoms with E-state index in [-0.39, 0.29) is 17.8 Å². The Hall–Kier alpha value is -2.69. The van der Waals surface area contributed by atoms with Crippen LogP contribution in [0.3, 0.4) is 0 Å². The van der Waals surface area contributed by atoms with Crippen LogP contribution in [0.25, 0.3) is 11.0 Å². The molecule has 0 unspecified atom stereocenters. The van der Waals surface area contributed by atoms with E-state index in [4.69, 9.17) is 4.98 Å². The van der Waals surface area contributed by atoms with Gasteiger partial charge in [0.2, 0.25) is 5.91 Å². The Kier molecular flexibility index (Phi) is 4.45. The van der Waals surface area contributed by atoms with Crippen LogP contribution < -0.4 is 0 Å². The molecule has 1 fully saturated rings. The first kappa shape index (κ1) is 16.8. The number of aromatic nitrogens is 2. The summed E-state index contributed by atoms with van der Waals surface area (Å²) >= 11 is 0. The molecule has 1 aromatic heterocycles. The number of carbonyl (C=O) groups excluding carboxylic acids is 1. The van der Waals surface area contributed by atoms with Gasteiger partial charge in [-0.3, -0.25) is 4.79 Å². The Morgan fingerprint density at radius 3 is 2.73 bits per heavy atom. The number of carbonyl (C=O) groups is 1. The minimum absolute atomic E-state index is 0.00954. The van der Waals surface area contributed by atoms with Crippen LogP contribution >= 0.6 is 0 Å². The van der Waals surface area contributed by atoms with Gasteiger partial charge in [0.05, 0.1) is 17.1 Å². The van der Waals surface area contributed by atoms with Gasteiger partial charge in [-0.05, 0) is 42.7 Å². The predicted octanol–water partition coefficient (Wildman–Crippen LogP) is 4.30. The number of hydrogen-bond acceptors (Lipinski definition) is 2. The molecular formula is C21H22FN3O. The van der Waals surface area contributed by atoms with E-state index >= 15 is 0 Å². The van der Waals surface area contributed by atoms with Crippen LogP contribution in [0.15, 0.2) is 48.5 Å². The number of likely N-dealkylation sites (tertiary alicyclic amines) is 1. The molecule has 4 nitrogen and oxygen atoms in total. The second kappa shape index (κ2) is 6.90. The van der Waals surface area contributed by atoms with E-state index in [2.05, 4.69) is 10.6 Å². The molecule has 1 atom stereocenters. The Labute approximate surface area is 152 Å². The number of rotatable bonds is 4. The lowest BCUT2D eigenvalue weighted by molar-refractivity contribution is -0.131. The van der Waals surface area contributed by atoms with Gasteiger partial charge in [-0.15, -0.1) is 0 Å². The normalized spacial score (nSPS) is 17.2. The van der Waals surface area contributed by atoms with Crippen LogP contribution in [-0.4, -0.2) is 26.9 Å². The number of hydrogen-bond donors (Lipinski definition) is 0. The first-order valence-electron chi connectivity index (χ1n) is 9.16. The summed E-state index contributed by atoms with van der Waals surface area (Å²) in [6, 6.07) is 14.6. The van der Waals surface area contributed by atoms with Gasteiger partial charge in [0.25, 0.3) is 0 Å². The summed E-state index contributed by atoms with van der Waals surface area (Å²) < 4.78 is 15.4. The Balaban J connectivity index is 1.79. The molecule has 134 valence electrons. The summed E-state index contributed by atoms with van der Waals surface area (Å²) in [7, 11) is 0. The maximum absolute atomic E-state index is 13.3. The van der Waals surface area contributed by atoms with Crippen molar-refractivity contribution < 1.29 is 9.18 Å². The van der Waals surface area contributed by atoms with Gasteiger partial charge in [0, 0.05) is 19.5 Å². The SMILES string of the molecule is CCC(=O)N1CCC[C@H]1c1nc2ccccc2n1Cc1ccc(F)cc1. The van der Waals surface area contributed by atoms with Crippen molar-refractivity contribution in [3.8, 4) is 0 Å². The van der Waals surface area contributed by atoms with Crippen LogP contribution in [0.5, 0.6) is 0 Å². The summed E-state index contributed by atoms with van der Waals surface area (Å²) in [5.74, 6) is 0.864. The third-order valence-electron chi connectivity index (χ3n) is 5.11. The average Bonchev–Trinajstić information content (AvgIpc) is 3.28. The molecule has 1 aliphatic heterocycles. The molecule has 1 aliphatic rings. The monoisotopic (exact) mass is 351 g/mol. The summed E-state index contributed by atoms with van der Waals surface area (Å²) in [6.07, 6.45) is 2.43. The molecule has 1 saturated heterocycles. The molecule has 0 aliphatic carbocycles. The fourth-order valence-electron chi connectivity index (χ4n) is 3.82. The Bertz CT molecular complexity index is 932. The molecule has 0 N–H and O–H groups in total. The van der Waals surface area contributed by atoms with Crippen LogP contribution in [0.1, 0.15) is 43.6 Å². The molecule has 26 heavy (non-hydrogen) atoms. The molecule has 0 bridgehead atoms. The van der Waals surface area contributed by atoms with Gasteiger partial charge in [0.1, 0.15) is 11.6 Å². The summed E-state index contributed by atoms with van der Waals surface area (Å²) in [6.45, 7) is 3.30. The molecule has 0 spiro atoms. The topological polar surface area (TPSA) is 38.1 Å². The van der Waals surface area contributed by atoms with E-state index in [1.165, 1.54) is 12.1 Å². The number of benzene rings is 2. The number of nitrogens with zero attached hydrogens (tertiary/aromatic N) is 3. The van der Waals surface area contributed by atoms with Crippen LogP contribution in [0, 0.1) is 5.82 Å². The van der Waals surface area contributed by atoms with Crippen LogP contribution in [0.2, 0.25) is 0 Å². The third kappa shape index (κ3) is 2.98. The first-order chi connectivity index (χ1) is 12.7. The largest absolute Gasteiger partial charge is 0.333 e. The quantitative estimate of drug-likeness (QED) is 0.703. The Morgan fingerprint density at radius 1 is 1.19 bits per heavy atom. The third-order valence-corrected chi connectivity index (χ3v) is 5.11. The van der Waals surface area contributed by atoms with Gasteiger partial charge in [0.15, 0.2) is 0 Å². The van der Waals surface area contributed by atoms with E-state index in [0.29, 0.717) is 13.0 Å². The van der Waals surface area contributed by atoms with Crippen molar-refractivity contribution >= 4 is 16.9 Å². The minimum atomic E-state index is -0.236. The molecule has 5 heteroatoms. The summed E-state index contributed by atoms with van der Waals surface area (Å²) in [4.78, 5) is 19.2. The maximum atomic E-state index is 13.3. The van der Waals surface area contributed by atoms with E-state index in [0.717, 1.165) is 41.8 Å². The summed E-state index contributed by atoms with van der Waals surface area (Å²) in [5.41, 5.74) is 2.99.